The molecule has 21 heavy (non-hydrogen) atoms. The fourth-order valence-electron chi connectivity index (χ4n) is 2.65. The van der Waals surface area contributed by atoms with E-state index in [0.717, 1.165) is 24.4 Å². The number of hydrogen-bond donors (Lipinski definition) is 1. The summed E-state index contributed by atoms with van der Waals surface area (Å²) in [5, 5.41) is 8.34. The average Bonchev–Trinajstić information content (AvgIpc) is 3.01. The van der Waals surface area contributed by atoms with Gasteiger partial charge in [-0.25, -0.2) is 23.5 Å². The van der Waals surface area contributed by atoms with E-state index in [4.69, 9.17) is 5.14 Å². The van der Waals surface area contributed by atoms with Gasteiger partial charge in [0.15, 0.2) is 0 Å². The standard InChI is InChI=1S/C13H16N4O2S2/c14-21(18,19)11-4-1-5-15-12(11)17-7-2-3-10(9-17)13-16-6-8-20-13/h1,4-6,8,10H,2-3,7,9H2,(H2,14,18,19). The second-order valence-corrected chi connectivity index (χ2v) is 7.48. The lowest BCUT2D eigenvalue weighted by Crippen LogP contribution is -2.36. The largest absolute Gasteiger partial charge is 0.355 e. The van der Waals surface area contributed by atoms with Crippen molar-refractivity contribution in [3.05, 3.63) is 34.9 Å². The van der Waals surface area contributed by atoms with Crippen LogP contribution in [0, 0.1) is 0 Å². The molecule has 0 saturated carbocycles. The first-order valence-electron chi connectivity index (χ1n) is 6.68. The van der Waals surface area contributed by atoms with Crippen molar-refractivity contribution in [2.75, 3.05) is 18.0 Å². The molecule has 1 saturated heterocycles. The summed E-state index contributed by atoms with van der Waals surface area (Å²) in [5.41, 5.74) is 0. The zero-order chi connectivity index (χ0) is 14.9. The Labute approximate surface area is 127 Å². The van der Waals surface area contributed by atoms with E-state index in [1.54, 1.807) is 29.8 Å². The third kappa shape index (κ3) is 3.07. The zero-order valence-electron chi connectivity index (χ0n) is 11.3. The summed E-state index contributed by atoms with van der Waals surface area (Å²) in [5.74, 6) is 0.760. The third-order valence-electron chi connectivity index (χ3n) is 3.58. The van der Waals surface area contributed by atoms with Gasteiger partial charge in [0, 0.05) is 36.8 Å². The van der Waals surface area contributed by atoms with Crippen molar-refractivity contribution in [2.24, 2.45) is 5.14 Å². The summed E-state index contributed by atoms with van der Waals surface area (Å²) < 4.78 is 23.4. The van der Waals surface area contributed by atoms with Crippen molar-refractivity contribution in [3.8, 4) is 0 Å². The molecule has 1 unspecified atom stereocenters. The first-order valence-corrected chi connectivity index (χ1v) is 9.10. The van der Waals surface area contributed by atoms with E-state index >= 15 is 0 Å². The fourth-order valence-corrected chi connectivity index (χ4v) is 4.12. The van der Waals surface area contributed by atoms with E-state index in [9.17, 15) is 8.42 Å². The molecule has 1 aliphatic heterocycles. The number of aromatic nitrogens is 2. The van der Waals surface area contributed by atoms with Crippen LogP contribution in [0.25, 0.3) is 0 Å². The fraction of sp³-hybridized carbons (Fsp3) is 0.385. The lowest BCUT2D eigenvalue weighted by Gasteiger charge is -2.33. The van der Waals surface area contributed by atoms with Gasteiger partial charge in [0.05, 0.1) is 5.01 Å². The van der Waals surface area contributed by atoms with Crippen LogP contribution in [0.4, 0.5) is 5.82 Å². The molecule has 0 bridgehead atoms. The van der Waals surface area contributed by atoms with Crippen molar-refractivity contribution < 1.29 is 8.42 Å². The maximum Gasteiger partial charge on any atom is 0.241 e. The van der Waals surface area contributed by atoms with Crippen LogP contribution < -0.4 is 10.0 Å². The van der Waals surface area contributed by atoms with Crippen molar-refractivity contribution in [2.45, 2.75) is 23.7 Å². The molecule has 2 N–H and O–H groups in total. The van der Waals surface area contributed by atoms with Gasteiger partial charge < -0.3 is 4.90 Å². The summed E-state index contributed by atoms with van der Waals surface area (Å²) in [6.07, 6.45) is 5.43. The number of sulfonamides is 1. The Bertz CT molecular complexity index is 716. The number of rotatable bonds is 3. The first-order chi connectivity index (χ1) is 10.1. The van der Waals surface area contributed by atoms with Crippen molar-refractivity contribution in [1.29, 1.82) is 0 Å². The van der Waals surface area contributed by atoms with Gasteiger partial charge in [-0.2, -0.15) is 0 Å². The first kappa shape index (κ1) is 14.4. The van der Waals surface area contributed by atoms with Gasteiger partial charge in [0.1, 0.15) is 10.7 Å². The van der Waals surface area contributed by atoms with Gasteiger partial charge in [0.25, 0.3) is 0 Å². The zero-order valence-corrected chi connectivity index (χ0v) is 13.0. The highest BCUT2D eigenvalue weighted by Gasteiger charge is 2.27. The van der Waals surface area contributed by atoms with Gasteiger partial charge in [-0.15, -0.1) is 11.3 Å². The predicted molar refractivity (Wildman–Crippen MR) is 81.9 cm³/mol. The van der Waals surface area contributed by atoms with Crippen LogP contribution >= 0.6 is 11.3 Å². The third-order valence-corrected chi connectivity index (χ3v) is 5.45. The maximum atomic E-state index is 11.7. The molecule has 0 spiro atoms. The van der Waals surface area contributed by atoms with Crippen LogP contribution in [-0.2, 0) is 10.0 Å². The number of piperidine rings is 1. The molecule has 1 fully saturated rings. The van der Waals surface area contributed by atoms with Crippen molar-refractivity contribution >= 4 is 27.2 Å². The van der Waals surface area contributed by atoms with Gasteiger partial charge in [0.2, 0.25) is 10.0 Å². The van der Waals surface area contributed by atoms with Crippen LogP contribution in [0.1, 0.15) is 23.8 Å². The molecule has 6 nitrogen and oxygen atoms in total. The molecule has 3 heterocycles. The molecule has 0 aromatic carbocycles. The van der Waals surface area contributed by atoms with Crippen LogP contribution in [0.3, 0.4) is 0 Å². The minimum atomic E-state index is -3.77. The highest BCUT2D eigenvalue weighted by atomic mass is 32.2. The van der Waals surface area contributed by atoms with E-state index in [2.05, 4.69) is 9.97 Å². The molecule has 3 rings (SSSR count). The lowest BCUT2D eigenvalue weighted by molar-refractivity contribution is 0.502. The molecule has 1 aliphatic rings. The Morgan fingerprint density at radius 3 is 2.90 bits per heavy atom. The van der Waals surface area contributed by atoms with Gasteiger partial charge >= 0.3 is 0 Å². The normalized spacial score (nSPS) is 19.7. The van der Waals surface area contributed by atoms with Crippen LogP contribution in [0.15, 0.2) is 34.8 Å². The number of nitrogens with two attached hydrogens (primary N) is 1. The predicted octanol–water partition coefficient (Wildman–Crippen LogP) is 1.57. The lowest BCUT2D eigenvalue weighted by atomic mass is 9.99. The summed E-state index contributed by atoms with van der Waals surface area (Å²) in [7, 11) is -3.77. The van der Waals surface area contributed by atoms with Crippen LogP contribution in [0.2, 0.25) is 0 Å². The molecular formula is C13H16N4O2S2. The quantitative estimate of drug-likeness (QED) is 0.925. The minimum absolute atomic E-state index is 0.0878. The summed E-state index contributed by atoms with van der Waals surface area (Å²) >= 11 is 1.64. The minimum Gasteiger partial charge on any atom is -0.355 e. The summed E-state index contributed by atoms with van der Waals surface area (Å²) in [6, 6.07) is 3.09. The Kier molecular flexibility index (Phi) is 3.92. The molecule has 0 aliphatic carbocycles. The summed E-state index contributed by atoms with van der Waals surface area (Å²) in [4.78, 5) is 10.7. The second-order valence-electron chi connectivity index (χ2n) is 5.03. The van der Waals surface area contributed by atoms with Crippen molar-refractivity contribution in [1.82, 2.24) is 9.97 Å². The smallest absolute Gasteiger partial charge is 0.241 e. The molecule has 2 aromatic heterocycles. The van der Waals surface area contributed by atoms with Crippen molar-refractivity contribution in [3.63, 3.8) is 0 Å². The number of primary sulfonamides is 1. The summed E-state index contributed by atoms with van der Waals surface area (Å²) in [6.45, 7) is 1.49. The van der Waals surface area contributed by atoms with E-state index in [1.165, 1.54) is 6.07 Å². The average molecular weight is 324 g/mol. The maximum absolute atomic E-state index is 11.7. The number of nitrogens with zero attached hydrogens (tertiary/aromatic N) is 3. The highest BCUT2D eigenvalue weighted by molar-refractivity contribution is 7.89. The Morgan fingerprint density at radius 1 is 1.33 bits per heavy atom. The topological polar surface area (TPSA) is 89.2 Å². The van der Waals surface area contributed by atoms with E-state index in [1.807, 2.05) is 10.3 Å². The Morgan fingerprint density at radius 2 is 2.19 bits per heavy atom. The van der Waals surface area contributed by atoms with Gasteiger partial charge in [-0.05, 0) is 25.0 Å². The van der Waals surface area contributed by atoms with E-state index < -0.39 is 10.0 Å². The van der Waals surface area contributed by atoms with E-state index in [0.29, 0.717) is 18.3 Å². The van der Waals surface area contributed by atoms with Crippen LogP contribution in [0.5, 0.6) is 0 Å². The molecule has 0 amide bonds. The number of hydrogen-bond acceptors (Lipinski definition) is 6. The van der Waals surface area contributed by atoms with Crippen LogP contribution in [-0.4, -0.2) is 31.5 Å². The van der Waals surface area contributed by atoms with Gasteiger partial charge in [-0.3, -0.25) is 0 Å². The van der Waals surface area contributed by atoms with Gasteiger partial charge in [-0.1, -0.05) is 0 Å². The number of thiazole rings is 1. The molecule has 112 valence electrons. The SMILES string of the molecule is NS(=O)(=O)c1cccnc1N1CCCC(c2nccs2)C1. The molecule has 0 radical (unpaired) electrons. The molecule has 8 heteroatoms. The number of anilines is 1. The number of pyridine rings is 1. The molecule has 2 aromatic rings. The highest BCUT2D eigenvalue weighted by Crippen LogP contribution is 2.32. The molecule has 1 atom stereocenters. The van der Waals surface area contributed by atoms with E-state index in [-0.39, 0.29) is 4.90 Å². The molecular weight excluding hydrogens is 308 g/mol. The Balaban J connectivity index is 1.91. The second kappa shape index (κ2) is 5.70. The monoisotopic (exact) mass is 324 g/mol. The Hall–Kier alpha value is -1.51.